The predicted molar refractivity (Wildman–Crippen MR) is 109 cm³/mol. The summed E-state index contributed by atoms with van der Waals surface area (Å²) in [6.07, 6.45) is 1.85. The molecule has 1 aromatic heterocycles. The Kier molecular flexibility index (Phi) is 4.80. The molecule has 0 bridgehead atoms. The van der Waals surface area contributed by atoms with Crippen LogP contribution in [0.15, 0.2) is 53.4 Å². The van der Waals surface area contributed by atoms with E-state index < -0.39 is 10.0 Å². The van der Waals surface area contributed by atoms with Crippen LogP contribution in [-0.2, 0) is 10.0 Å². The quantitative estimate of drug-likeness (QED) is 0.686. The first-order valence-electron chi connectivity index (χ1n) is 8.88. The molecule has 1 N–H and O–H groups in total. The first-order chi connectivity index (χ1) is 12.9. The van der Waals surface area contributed by atoms with Crippen molar-refractivity contribution in [2.24, 2.45) is 0 Å². The van der Waals surface area contributed by atoms with Gasteiger partial charge in [0, 0.05) is 29.2 Å². The largest absolute Gasteiger partial charge is 0.340 e. The van der Waals surface area contributed by atoms with Gasteiger partial charge in [0.2, 0.25) is 10.0 Å². The summed E-state index contributed by atoms with van der Waals surface area (Å²) in [5, 5.41) is 4.72. The number of aryl methyl sites for hydroxylation is 1. The van der Waals surface area contributed by atoms with Gasteiger partial charge in [0.05, 0.1) is 10.4 Å². The van der Waals surface area contributed by atoms with Gasteiger partial charge in [-0.05, 0) is 67.8 Å². The van der Waals surface area contributed by atoms with E-state index in [1.54, 1.807) is 22.5 Å². The fourth-order valence-electron chi connectivity index (χ4n) is 3.28. The zero-order chi connectivity index (χ0) is 19.0. The maximum Gasteiger partial charge on any atom is 0.243 e. The fourth-order valence-corrected chi connectivity index (χ4v) is 5.00. The summed E-state index contributed by atoms with van der Waals surface area (Å²) < 4.78 is 27.0. The zero-order valence-electron chi connectivity index (χ0n) is 14.9. The second-order valence-corrected chi connectivity index (χ2v) is 9.12. The van der Waals surface area contributed by atoms with E-state index in [0.29, 0.717) is 28.8 Å². The van der Waals surface area contributed by atoms with Gasteiger partial charge < -0.3 is 5.32 Å². The SMILES string of the molecule is Cc1ccc(Cl)cc1Nc1ccc2cc(S(=O)(=O)N3CCCC3)ccc2n1. The standard InChI is InChI=1S/C20H20ClN3O2S/c1-14-4-6-16(21)13-19(14)23-20-9-5-15-12-17(7-8-18(15)22-20)27(25,26)24-10-2-3-11-24/h4-9,12-13H,2-3,10-11H2,1H3,(H,22,23). The summed E-state index contributed by atoms with van der Waals surface area (Å²) in [7, 11) is -3.42. The number of hydrogen-bond acceptors (Lipinski definition) is 4. The number of fused-ring (bicyclic) bond motifs is 1. The van der Waals surface area contributed by atoms with Crippen LogP contribution in [0.2, 0.25) is 5.02 Å². The van der Waals surface area contributed by atoms with Gasteiger partial charge in [-0.1, -0.05) is 17.7 Å². The number of halogens is 1. The number of nitrogens with zero attached hydrogens (tertiary/aromatic N) is 2. The van der Waals surface area contributed by atoms with E-state index in [9.17, 15) is 8.42 Å². The average Bonchev–Trinajstić information content (AvgIpc) is 3.20. The lowest BCUT2D eigenvalue weighted by Gasteiger charge is -2.16. The van der Waals surface area contributed by atoms with Gasteiger partial charge in [0.1, 0.15) is 5.82 Å². The first kappa shape index (κ1) is 18.2. The van der Waals surface area contributed by atoms with E-state index in [1.165, 1.54) is 0 Å². The lowest BCUT2D eigenvalue weighted by Crippen LogP contribution is -2.27. The van der Waals surface area contributed by atoms with E-state index in [-0.39, 0.29) is 0 Å². The lowest BCUT2D eigenvalue weighted by atomic mass is 10.2. The zero-order valence-corrected chi connectivity index (χ0v) is 16.5. The van der Waals surface area contributed by atoms with E-state index >= 15 is 0 Å². The molecule has 0 spiro atoms. The molecule has 0 unspecified atom stereocenters. The molecule has 140 valence electrons. The molecule has 7 heteroatoms. The molecule has 1 aliphatic rings. The number of hydrogen-bond donors (Lipinski definition) is 1. The molecule has 3 aromatic rings. The summed E-state index contributed by atoms with van der Waals surface area (Å²) >= 11 is 6.07. The maximum atomic E-state index is 12.7. The van der Waals surface area contributed by atoms with Gasteiger partial charge in [-0.25, -0.2) is 13.4 Å². The molecule has 1 aliphatic heterocycles. The van der Waals surface area contributed by atoms with Crippen LogP contribution in [0.5, 0.6) is 0 Å². The van der Waals surface area contributed by atoms with Crippen LogP contribution in [0.1, 0.15) is 18.4 Å². The third-order valence-electron chi connectivity index (χ3n) is 4.83. The van der Waals surface area contributed by atoms with E-state index in [4.69, 9.17) is 11.6 Å². The molecule has 1 saturated heterocycles. The molecule has 0 atom stereocenters. The van der Waals surface area contributed by atoms with Gasteiger partial charge in [-0.3, -0.25) is 0 Å². The number of nitrogens with one attached hydrogen (secondary N) is 1. The second-order valence-electron chi connectivity index (χ2n) is 6.75. The minimum atomic E-state index is -3.42. The van der Waals surface area contributed by atoms with Crippen LogP contribution in [-0.4, -0.2) is 30.8 Å². The Hall–Kier alpha value is -2.15. The maximum absolute atomic E-state index is 12.7. The molecule has 2 heterocycles. The van der Waals surface area contributed by atoms with Gasteiger partial charge in [-0.15, -0.1) is 0 Å². The predicted octanol–water partition coefficient (Wildman–Crippen LogP) is 4.72. The normalized spacial score (nSPS) is 15.3. The van der Waals surface area contributed by atoms with Crippen molar-refractivity contribution in [3.05, 3.63) is 59.1 Å². The van der Waals surface area contributed by atoms with Crippen molar-refractivity contribution in [3.8, 4) is 0 Å². The summed E-state index contributed by atoms with van der Waals surface area (Å²) in [5.74, 6) is 0.683. The molecule has 0 aliphatic carbocycles. The van der Waals surface area contributed by atoms with Gasteiger partial charge >= 0.3 is 0 Å². The van der Waals surface area contributed by atoms with Crippen LogP contribution in [0.4, 0.5) is 11.5 Å². The van der Waals surface area contributed by atoms with Crippen molar-refractivity contribution in [2.45, 2.75) is 24.7 Å². The fraction of sp³-hybridized carbons (Fsp3) is 0.250. The van der Waals surface area contributed by atoms with Crippen molar-refractivity contribution in [3.63, 3.8) is 0 Å². The summed E-state index contributed by atoms with van der Waals surface area (Å²) in [5.41, 5.74) is 2.69. The third kappa shape index (κ3) is 3.65. The van der Waals surface area contributed by atoms with Crippen molar-refractivity contribution in [1.82, 2.24) is 9.29 Å². The van der Waals surface area contributed by atoms with Crippen LogP contribution in [0, 0.1) is 6.92 Å². The summed E-state index contributed by atoms with van der Waals surface area (Å²) in [6.45, 7) is 3.19. The highest BCUT2D eigenvalue weighted by atomic mass is 35.5. The minimum Gasteiger partial charge on any atom is -0.340 e. The molecular weight excluding hydrogens is 382 g/mol. The number of aromatic nitrogens is 1. The first-order valence-corrected chi connectivity index (χ1v) is 10.7. The Morgan fingerprint density at radius 3 is 2.59 bits per heavy atom. The number of rotatable bonds is 4. The smallest absolute Gasteiger partial charge is 0.243 e. The monoisotopic (exact) mass is 401 g/mol. The Bertz CT molecular complexity index is 1110. The highest BCUT2D eigenvalue weighted by molar-refractivity contribution is 7.89. The summed E-state index contributed by atoms with van der Waals surface area (Å²) in [4.78, 5) is 4.92. The second kappa shape index (κ2) is 7.11. The number of sulfonamides is 1. The van der Waals surface area contributed by atoms with Crippen molar-refractivity contribution in [2.75, 3.05) is 18.4 Å². The Morgan fingerprint density at radius 1 is 1.04 bits per heavy atom. The lowest BCUT2D eigenvalue weighted by molar-refractivity contribution is 0.477. The highest BCUT2D eigenvalue weighted by Gasteiger charge is 2.27. The van der Waals surface area contributed by atoms with Gasteiger partial charge in [0.15, 0.2) is 0 Å². The van der Waals surface area contributed by atoms with E-state index in [0.717, 1.165) is 35.0 Å². The van der Waals surface area contributed by atoms with Gasteiger partial charge in [-0.2, -0.15) is 4.31 Å². The van der Waals surface area contributed by atoms with Crippen molar-refractivity contribution >= 4 is 44.0 Å². The van der Waals surface area contributed by atoms with Crippen molar-refractivity contribution in [1.29, 1.82) is 0 Å². The molecule has 0 radical (unpaired) electrons. The molecular formula is C20H20ClN3O2S. The number of anilines is 2. The molecule has 1 fully saturated rings. The average molecular weight is 402 g/mol. The molecule has 5 nitrogen and oxygen atoms in total. The van der Waals surface area contributed by atoms with Crippen LogP contribution < -0.4 is 5.32 Å². The molecule has 4 rings (SSSR count). The summed E-state index contributed by atoms with van der Waals surface area (Å²) in [6, 6.07) is 14.5. The number of pyridine rings is 1. The van der Waals surface area contributed by atoms with Crippen molar-refractivity contribution < 1.29 is 8.42 Å². The molecule has 0 amide bonds. The highest BCUT2D eigenvalue weighted by Crippen LogP contribution is 2.27. The van der Waals surface area contributed by atoms with Crippen LogP contribution in [0.3, 0.4) is 0 Å². The Balaban J connectivity index is 1.65. The van der Waals surface area contributed by atoms with E-state index in [1.807, 2.05) is 37.3 Å². The number of benzene rings is 2. The van der Waals surface area contributed by atoms with Crippen LogP contribution >= 0.6 is 11.6 Å². The molecule has 27 heavy (non-hydrogen) atoms. The van der Waals surface area contributed by atoms with Crippen LogP contribution in [0.25, 0.3) is 10.9 Å². The molecule has 2 aromatic carbocycles. The molecule has 0 saturated carbocycles. The van der Waals surface area contributed by atoms with Gasteiger partial charge in [0.25, 0.3) is 0 Å². The van der Waals surface area contributed by atoms with E-state index in [2.05, 4.69) is 10.3 Å². The third-order valence-corrected chi connectivity index (χ3v) is 6.96. The topological polar surface area (TPSA) is 62.3 Å². The minimum absolute atomic E-state index is 0.324. The Morgan fingerprint density at radius 2 is 1.81 bits per heavy atom. The Labute approximate surface area is 164 Å².